The van der Waals surface area contributed by atoms with E-state index in [1.165, 1.54) is 5.56 Å². The van der Waals surface area contributed by atoms with E-state index in [-0.39, 0.29) is 0 Å². The summed E-state index contributed by atoms with van der Waals surface area (Å²) in [5.74, 6) is 0. The Balaban J connectivity index is 2.48. The fraction of sp³-hybridized carbons (Fsp3) is 0.286. The SMILES string of the molecule is Cc1ccc(C(C)(O)c2cnccn2)cc1C. The highest BCUT2D eigenvalue weighted by molar-refractivity contribution is 5.36. The molecule has 0 fully saturated rings. The molecule has 0 aliphatic heterocycles. The van der Waals surface area contributed by atoms with Gasteiger partial charge in [0.25, 0.3) is 0 Å². The summed E-state index contributed by atoms with van der Waals surface area (Å²) in [6, 6.07) is 5.93. The maximum absolute atomic E-state index is 10.6. The van der Waals surface area contributed by atoms with E-state index in [4.69, 9.17) is 0 Å². The van der Waals surface area contributed by atoms with Gasteiger partial charge in [-0.2, -0.15) is 0 Å². The van der Waals surface area contributed by atoms with Crippen LogP contribution in [-0.4, -0.2) is 15.1 Å². The zero-order chi connectivity index (χ0) is 12.5. The van der Waals surface area contributed by atoms with Crippen LogP contribution in [0.1, 0.15) is 29.3 Å². The van der Waals surface area contributed by atoms with Crippen LogP contribution in [0.3, 0.4) is 0 Å². The van der Waals surface area contributed by atoms with Crippen molar-refractivity contribution >= 4 is 0 Å². The summed E-state index contributed by atoms with van der Waals surface area (Å²) in [5.41, 5.74) is 2.66. The van der Waals surface area contributed by atoms with Gasteiger partial charge in [0.1, 0.15) is 5.60 Å². The van der Waals surface area contributed by atoms with E-state index in [0.29, 0.717) is 5.69 Å². The molecule has 0 radical (unpaired) electrons. The molecule has 1 N–H and O–H groups in total. The minimum absolute atomic E-state index is 0.559. The number of rotatable bonds is 2. The molecule has 2 rings (SSSR count). The highest BCUT2D eigenvalue weighted by Gasteiger charge is 2.27. The quantitative estimate of drug-likeness (QED) is 0.858. The first-order chi connectivity index (χ1) is 8.01. The molecule has 2 aromatic rings. The molecule has 0 amide bonds. The van der Waals surface area contributed by atoms with Gasteiger partial charge in [-0.05, 0) is 37.5 Å². The zero-order valence-corrected chi connectivity index (χ0v) is 10.3. The van der Waals surface area contributed by atoms with Crippen molar-refractivity contribution in [3.63, 3.8) is 0 Å². The smallest absolute Gasteiger partial charge is 0.130 e. The van der Waals surface area contributed by atoms with Crippen LogP contribution in [0.2, 0.25) is 0 Å². The minimum atomic E-state index is -1.10. The molecule has 1 unspecified atom stereocenters. The molecule has 3 heteroatoms. The summed E-state index contributed by atoms with van der Waals surface area (Å²) in [6.07, 6.45) is 4.78. The van der Waals surface area contributed by atoms with Crippen molar-refractivity contribution in [2.45, 2.75) is 26.4 Å². The Morgan fingerprint density at radius 2 is 1.88 bits per heavy atom. The van der Waals surface area contributed by atoms with Crippen LogP contribution in [0, 0.1) is 13.8 Å². The van der Waals surface area contributed by atoms with Crippen molar-refractivity contribution < 1.29 is 5.11 Å². The Morgan fingerprint density at radius 1 is 1.12 bits per heavy atom. The van der Waals surface area contributed by atoms with E-state index in [1.807, 2.05) is 25.1 Å². The lowest BCUT2D eigenvalue weighted by Gasteiger charge is -2.23. The van der Waals surface area contributed by atoms with Gasteiger partial charge in [-0.15, -0.1) is 0 Å². The second-order valence-corrected chi connectivity index (χ2v) is 4.46. The molecular formula is C14H16N2O. The number of aliphatic hydroxyl groups is 1. The average molecular weight is 228 g/mol. The zero-order valence-electron chi connectivity index (χ0n) is 10.3. The highest BCUT2D eigenvalue weighted by Crippen LogP contribution is 2.28. The normalized spacial score (nSPS) is 14.4. The van der Waals surface area contributed by atoms with Gasteiger partial charge in [-0.3, -0.25) is 9.97 Å². The minimum Gasteiger partial charge on any atom is -0.379 e. The first kappa shape index (κ1) is 11.7. The van der Waals surface area contributed by atoms with Crippen molar-refractivity contribution in [2.75, 3.05) is 0 Å². The Hall–Kier alpha value is -1.74. The number of aromatic nitrogens is 2. The summed E-state index contributed by atoms with van der Waals surface area (Å²) in [6.45, 7) is 5.82. The molecule has 1 heterocycles. The Kier molecular flexibility index (Phi) is 2.94. The number of hydrogen-bond acceptors (Lipinski definition) is 3. The summed E-state index contributed by atoms with van der Waals surface area (Å²) < 4.78 is 0. The Bertz CT molecular complexity index is 521. The van der Waals surface area contributed by atoms with Gasteiger partial charge in [0.2, 0.25) is 0 Å². The standard InChI is InChI=1S/C14H16N2O/c1-10-4-5-12(8-11(10)2)14(3,17)13-9-15-6-7-16-13/h4-9,17H,1-3H3. The maximum atomic E-state index is 10.6. The Labute approximate surface area is 101 Å². The van der Waals surface area contributed by atoms with Crippen LogP contribution >= 0.6 is 0 Å². The maximum Gasteiger partial charge on any atom is 0.130 e. The highest BCUT2D eigenvalue weighted by atomic mass is 16.3. The van der Waals surface area contributed by atoms with E-state index in [2.05, 4.69) is 16.9 Å². The van der Waals surface area contributed by atoms with Gasteiger partial charge >= 0.3 is 0 Å². The molecule has 0 aliphatic rings. The van der Waals surface area contributed by atoms with E-state index in [0.717, 1.165) is 11.1 Å². The first-order valence-corrected chi connectivity index (χ1v) is 5.58. The average Bonchev–Trinajstić information content (AvgIpc) is 2.33. The van der Waals surface area contributed by atoms with Crippen LogP contribution in [0.4, 0.5) is 0 Å². The van der Waals surface area contributed by atoms with E-state index in [9.17, 15) is 5.11 Å². The van der Waals surface area contributed by atoms with E-state index in [1.54, 1.807) is 25.5 Å². The molecule has 1 aromatic heterocycles. The molecule has 0 aliphatic carbocycles. The fourth-order valence-corrected chi connectivity index (χ4v) is 1.74. The molecule has 0 bridgehead atoms. The summed E-state index contributed by atoms with van der Waals surface area (Å²) in [4.78, 5) is 8.16. The lowest BCUT2D eigenvalue weighted by molar-refractivity contribution is 0.0969. The predicted molar refractivity (Wildman–Crippen MR) is 66.6 cm³/mol. The van der Waals surface area contributed by atoms with E-state index >= 15 is 0 Å². The molecule has 88 valence electrons. The number of nitrogens with zero attached hydrogens (tertiary/aromatic N) is 2. The van der Waals surface area contributed by atoms with Crippen molar-refractivity contribution in [1.29, 1.82) is 0 Å². The van der Waals surface area contributed by atoms with Gasteiger partial charge in [-0.1, -0.05) is 18.2 Å². The van der Waals surface area contributed by atoms with Crippen LogP contribution in [0.15, 0.2) is 36.8 Å². The monoisotopic (exact) mass is 228 g/mol. The van der Waals surface area contributed by atoms with Crippen LogP contribution in [-0.2, 0) is 5.60 Å². The second kappa shape index (κ2) is 4.26. The van der Waals surface area contributed by atoms with Crippen LogP contribution in [0.5, 0.6) is 0 Å². The number of hydrogen-bond donors (Lipinski definition) is 1. The Morgan fingerprint density at radius 3 is 2.47 bits per heavy atom. The third-order valence-electron chi connectivity index (χ3n) is 3.13. The van der Waals surface area contributed by atoms with Gasteiger partial charge in [0.05, 0.1) is 11.9 Å². The largest absolute Gasteiger partial charge is 0.379 e. The summed E-state index contributed by atoms with van der Waals surface area (Å²) in [5, 5.41) is 10.6. The molecule has 0 saturated carbocycles. The molecule has 3 nitrogen and oxygen atoms in total. The fourth-order valence-electron chi connectivity index (χ4n) is 1.74. The van der Waals surface area contributed by atoms with Crippen molar-refractivity contribution in [3.8, 4) is 0 Å². The van der Waals surface area contributed by atoms with Gasteiger partial charge in [0, 0.05) is 12.4 Å². The third-order valence-corrected chi connectivity index (χ3v) is 3.13. The molecule has 1 aromatic carbocycles. The molecule has 1 atom stereocenters. The van der Waals surface area contributed by atoms with Gasteiger partial charge < -0.3 is 5.11 Å². The lowest BCUT2D eigenvalue weighted by atomic mass is 9.90. The first-order valence-electron chi connectivity index (χ1n) is 5.58. The topological polar surface area (TPSA) is 46.0 Å². The lowest BCUT2D eigenvalue weighted by Crippen LogP contribution is -2.24. The third kappa shape index (κ3) is 2.19. The predicted octanol–water partition coefficient (Wildman–Crippen LogP) is 2.35. The summed E-state index contributed by atoms with van der Waals surface area (Å²) in [7, 11) is 0. The van der Waals surface area contributed by atoms with Gasteiger partial charge in [0.15, 0.2) is 0 Å². The summed E-state index contributed by atoms with van der Waals surface area (Å²) >= 11 is 0. The number of aryl methyl sites for hydroxylation is 2. The number of benzene rings is 1. The van der Waals surface area contributed by atoms with E-state index < -0.39 is 5.60 Å². The second-order valence-electron chi connectivity index (χ2n) is 4.46. The van der Waals surface area contributed by atoms with Crippen molar-refractivity contribution in [1.82, 2.24) is 9.97 Å². The van der Waals surface area contributed by atoms with Gasteiger partial charge in [-0.25, -0.2) is 0 Å². The molecule has 17 heavy (non-hydrogen) atoms. The van der Waals surface area contributed by atoms with Crippen LogP contribution < -0.4 is 0 Å². The molecule has 0 saturated heterocycles. The molecule has 0 spiro atoms. The van der Waals surface area contributed by atoms with Crippen molar-refractivity contribution in [3.05, 3.63) is 59.2 Å². The van der Waals surface area contributed by atoms with Crippen LogP contribution in [0.25, 0.3) is 0 Å². The van der Waals surface area contributed by atoms with Crippen molar-refractivity contribution in [2.24, 2.45) is 0 Å². The molecular weight excluding hydrogens is 212 g/mol.